The number of amides is 1. The van der Waals surface area contributed by atoms with E-state index in [1.54, 1.807) is 6.08 Å². The Morgan fingerprint density at radius 1 is 1.35 bits per heavy atom. The number of nitrogens with one attached hydrogen (secondary N) is 1. The van der Waals surface area contributed by atoms with E-state index in [0.29, 0.717) is 12.5 Å². The van der Waals surface area contributed by atoms with Crippen molar-refractivity contribution in [1.82, 2.24) is 5.32 Å². The third-order valence-electron chi connectivity index (χ3n) is 2.96. The first kappa shape index (κ1) is 16.4. The summed E-state index contributed by atoms with van der Waals surface area (Å²) in [6.07, 6.45) is 3.21. The Labute approximate surface area is 120 Å². The molecular weight excluding hydrogens is 254 g/mol. The van der Waals surface area contributed by atoms with Crippen molar-refractivity contribution in [2.45, 2.75) is 25.8 Å². The van der Waals surface area contributed by atoms with E-state index in [1.807, 2.05) is 12.1 Å². The Hall–Kier alpha value is -1.65. The largest absolute Gasteiger partial charge is 0.394 e. The first-order valence-electron chi connectivity index (χ1n) is 6.75. The van der Waals surface area contributed by atoms with E-state index < -0.39 is 0 Å². The Bertz CT molecular complexity index is 438. The van der Waals surface area contributed by atoms with E-state index in [2.05, 4.69) is 31.3 Å². The topological polar surface area (TPSA) is 58.6 Å². The summed E-state index contributed by atoms with van der Waals surface area (Å²) in [5.41, 5.74) is 2.24. The third kappa shape index (κ3) is 5.55. The zero-order valence-electron chi connectivity index (χ0n) is 12.3. The number of ether oxygens (including phenoxy) is 1. The van der Waals surface area contributed by atoms with Crippen LogP contribution in [0.1, 0.15) is 30.9 Å². The van der Waals surface area contributed by atoms with Crippen LogP contribution in [0.15, 0.2) is 30.3 Å². The van der Waals surface area contributed by atoms with Gasteiger partial charge in [-0.3, -0.25) is 4.79 Å². The second kappa shape index (κ2) is 8.51. The molecule has 0 spiro atoms. The van der Waals surface area contributed by atoms with Gasteiger partial charge in [0.1, 0.15) is 0 Å². The fourth-order valence-corrected chi connectivity index (χ4v) is 1.75. The first-order valence-corrected chi connectivity index (χ1v) is 6.75. The maximum atomic E-state index is 11.7. The minimum Gasteiger partial charge on any atom is -0.394 e. The van der Waals surface area contributed by atoms with Gasteiger partial charge in [-0.15, -0.1) is 0 Å². The van der Waals surface area contributed by atoms with Crippen LogP contribution in [0.5, 0.6) is 0 Å². The summed E-state index contributed by atoms with van der Waals surface area (Å²) in [7, 11) is 1.53. The molecule has 0 bridgehead atoms. The summed E-state index contributed by atoms with van der Waals surface area (Å²) in [4.78, 5) is 11.7. The van der Waals surface area contributed by atoms with Gasteiger partial charge in [0.2, 0.25) is 5.91 Å². The number of rotatable bonds is 7. The number of hydrogen-bond donors (Lipinski definition) is 2. The summed E-state index contributed by atoms with van der Waals surface area (Å²) >= 11 is 0. The van der Waals surface area contributed by atoms with Crippen LogP contribution >= 0.6 is 0 Å². The van der Waals surface area contributed by atoms with Crippen molar-refractivity contribution >= 4 is 12.0 Å². The maximum absolute atomic E-state index is 11.7. The molecule has 4 heteroatoms. The fraction of sp³-hybridized carbons (Fsp3) is 0.438. The average Bonchev–Trinajstić information content (AvgIpc) is 2.45. The molecule has 1 unspecified atom stereocenters. The molecule has 0 saturated carbocycles. The molecule has 110 valence electrons. The minimum absolute atomic E-state index is 0.142. The molecule has 4 nitrogen and oxygen atoms in total. The van der Waals surface area contributed by atoms with Crippen LogP contribution in [0, 0.1) is 0 Å². The van der Waals surface area contributed by atoms with E-state index in [-0.39, 0.29) is 18.6 Å². The zero-order valence-corrected chi connectivity index (χ0v) is 12.3. The molecule has 1 aromatic rings. The van der Waals surface area contributed by atoms with Crippen molar-refractivity contribution in [2.24, 2.45) is 0 Å². The number of benzene rings is 1. The molecule has 0 fully saturated rings. The van der Waals surface area contributed by atoms with Gasteiger partial charge in [0.25, 0.3) is 0 Å². The average molecular weight is 277 g/mol. The summed E-state index contributed by atoms with van der Waals surface area (Å²) in [6, 6.07) is 7.71. The van der Waals surface area contributed by atoms with E-state index in [9.17, 15) is 4.79 Å². The van der Waals surface area contributed by atoms with Gasteiger partial charge in [-0.1, -0.05) is 38.1 Å². The van der Waals surface area contributed by atoms with Crippen LogP contribution in [0.4, 0.5) is 0 Å². The van der Waals surface area contributed by atoms with Crippen molar-refractivity contribution in [3.8, 4) is 0 Å². The van der Waals surface area contributed by atoms with Gasteiger partial charge in [-0.05, 0) is 23.1 Å². The zero-order chi connectivity index (χ0) is 15.0. The highest BCUT2D eigenvalue weighted by Gasteiger charge is 2.08. The molecule has 1 amide bonds. The van der Waals surface area contributed by atoms with E-state index in [4.69, 9.17) is 9.84 Å². The molecule has 0 aliphatic rings. The molecule has 0 aliphatic heterocycles. The summed E-state index contributed by atoms with van der Waals surface area (Å²) in [6.45, 7) is 4.43. The molecule has 0 saturated heterocycles. The van der Waals surface area contributed by atoms with Crippen molar-refractivity contribution in [3.05, 3.63) is 41.5 Å². The van der Waals surface area contributed by atoms with E-state index >= 15 is 0 Å². The summed E-state index contributed by atoms with van der Waals surface area (Å²) in [5, 5.41) is 11.7. The van der Waals surface area contributed by atoms with Crippen molar-refractivity contribution < 1.29 is 14.6 Å². The number of aliphatic hydroxyl groups excluding tert-OH is 1. The van der Waals surface area contributed by atoms with Crippen LogP contribution in [0.3, 0.4) is 0 Å². The summed E-state index contributed by atoms with van der Waals surface area (Å²) in [5.74, 6) is 0.254. The molecular formula is C16H23NO3. The number of carbonyl (C=O) groups is 1. The molecule has 0 aromatic heterocycles. The van der Waals surface area contributed by atoms with Crippen molar-refractivity contribution in [1.29, 1.82) is 0 Å². The molecule has 2 N–H and O–H groups in total. The predicted molar refractivity (Wildman–Crippen MR) is 80.5 cm³/mol. The lowest BCUT2D eigenvalue weighted by Crippen LogP contribution is -2.39. The SMILES string of the molecule is COCC(CO)NC(=O)/C=C/c1ccc(C(C)C)cc1. The molecule has 1 rings (SSSR count). The van der Waals surface area contributed by atoms with Gasteiger partial charge in [0.05, 0.1) is 19.3 Å². The highest BCUT2D eigenvalue weighted by atomic mass is 16.5. The Morgan fingerprint density at radius 2 is 2.00 bits per heavy atom. The van der Waals surface area contributed by atoms with Gasteiger partial charge in [0.15, 0.2) is 0 Å². The smallest absolute Gasteiger partial charge is 0.244 e. The Kier molecular flexibility index (Phi) is 6.98. The predicted octanol–water partition coefficient (Wildman–Crippen LogP) is 1.95. The maximum Gasteiger partial charge on any atom is 0.244 e. The Balaban J connectivity index is 2.56. The van der Waals surface area contributed by atoms with Crippen LogP contribution in [0.25, 0.3) is 6.08 Å². The lowest BCUT2D eigenvalue weighted by atomic mass is 10.0. The van der Waals surface area contributed by atoms with Crippen LogP contribution in [-0.4, -0.2) is 37.4 Å². The standard InChI is InChI=1S/C16H23NO3/c1-12(2)14-7-4-13(5-8-14)6-9-16(19)17-15(10-18)11-20-3/h4-9,12,15,18H,10-11H2,1-3H3,(H,17,19)/b9-6+. The van der Waals surface area contributed by atoms with E-state index in [0.717, 1.165) is 5.56 Å². The van der Waals surface area contributed by atoms with E-state index in [1.165, 1.54) is 18.7 Å². The normalized spacial score (nSPS) is 12.8. The van der Waals surface area contributed by atoms with Gasteiger partial charge in [-0.2, -0.15) is 0 Å². The van der Waals surface area contributed by atoms with Gasteiger partial charge < -0.3 is 15.2 Å². The first-order chi connectivity index (χ1) is 9.56. The van der Waals surface area contributed by atoms with Crippen LogP contribution in [0.2, 0.25) is 0 Å². The van der Waals surface area contributed by atoms with Gasteiger partial charge >= 0.3 is 0 Å². The molecule has 0 radical (unpaired) electrons. The van der Waals surface area contributed by atoms with Gasteiger partial charge in [-0.25, -0.2) is 0 Å². The molecule has 1 aromatic carbocycles. The fourth-order valence-electron chi connectivity index (χ4n) is 1.75. The lowest BCUT2D eigenvalue weighted by molar-refractivity contribution is -0.117. The second-order valence-electron chi connectivity index (χ2n) is 5.00. The van der Waals surface area contributed by atoms with Gasteiger partial charge in [0, 0.05) is 13.2 Å². The molecule has 0 aliphatic carbocycles. The molecule has 0 heterocycles. The minimum atomic E-state index is -0.375. The van der Waals surface area contributed by atoms with Crippen LogP contribution < -0.4 is 5.32 Å². The monoisotopic (exact) mass is 277 g/mol. The number of hydrogen-bond acceptors (Lipinski definition) is 3. The molecule has 20 heavy (non-hydrogen) atoms. The number of methoxy groups -OCH3 is 1. The molecule has 1 atom stereocenters. The third-order valence-corrected chi connectivity index (χ3v) is 2.96. The Morgan fingerprint density at radius 3 is 2.50 bits per heavy atom. The number of carbonyl (C=O) groups excluding carboxylic acids is 1. The second-order valence-corrected chi connectivity index (χ2v) is 5.00. The highest BCUT2D eigenvalue weighted by Crippen LogP contribution is 2.15. The number of aliphatic hydroxyl groups is 1. The van der Waals surface area contributed by atoms with Crippen LogP contribution in [-0.2, 0) is 9.53 Å². The van der Waals surface area contributed by atoms with Crippen molar-refractivity contribution in [3.63, 3.8) is 0 Å². The quantitative estimate of drug-likeness (QED) is 0.749. The van der Waals surface area contributed by atoms with Crippen molar-refractivity contribution in [2.75, 3.05) is 20.3 Å². The highest BCUT2D eigenvalue weighted by molar-refractivity contribution is 5.91. The summed E-state index contributed by atoms with van der Waals surface area (Å²) < 4.78 is 4.90. The lowest BCUT2D eigenvalue weighted by Gasteiger charge is -2.13.